The van der Waals surface area contributed by atoms with Gasteiger partial charge in [-0.2, -0.15) is 0 Å². The standard InChI is InChI=1S/C12H19N3/c1-4-7-15(3)11-6-5-9(2)8-10(11)12(13)14/h5-6,8H,4,7H2,1-3H3,(H3,13,14). The van der Waals surface area contributed by atoms with Gasteiger partial charge in [-0.1, -0.05) is 18.6 Å². The second-order valence-corrected chi connectivity index (χ2v) is 3.86. The molecule has 0 spiro atoms. The molecule has 0 amide bonds. The largest absolute Gasteiger partial charge is 0.384 e. The molecular formula is C12H19N3. The number of hydrogen-bond acceptors (Lipinski definition) is 2. The Morgan fingerprint density at radius 2 is 2.13 bits per heavy atom. The molecule has 0 aromatic heterocycles. The minimum atomic E-state index is 0.136. The van der Waals surface area contributed by atoms with Crippen LogP contribution in [0, 0.1) is 12.3 Å². The molecule has 0 saturated heterocycles. The molecule has 0 heterocycles. The van der Waals surface area contributed by atoms with Crippen LogP contribution in [0.15, 0.2) is 18.2 Å². The quantitative estimate of drug-likeness (QED) is 0.584. The summed E-state index contributed by atoms with van der Waals surface area (Å²) in [5.41, 5.74) is 8.57. The summed E-state index contributed by atoms with van der Waals surface area (Å²) in [4.78, 5) is 2.14. The highest BCUT2D eigenvalue weighted by atomic mass is 15.1. The molecule has 0 radical (unpaired) electrons. The zero-order valence-electron chi connectivity index (χ0n) is 9.67. The molecule has 1 aromatic carbocycles. The predicted molar refractivity (Wildman–Crippen MR) is 65.8 cm³/mol. The van der Waals surface area contributed by atoms with E-state index in [0.717, 1.165) is 29.8 Å². The Bertz CT molecular complexity index is 358. The molecule has 0 aliphatic rings. The first-order valence-corrected chi connectivity index (χ1v) is 5.22. The van der Waals surface area contributed by atoms with E-state index in [2.05, 4.69) is 11.8 Å². The lowest BCUT2D eigenvalue weighted by atomic mass is 10.1. The highest BCUT2D eigenvalue weighted by Gasteiger charge is 2.08. The van der Waals surface area contributed by atoms with Crippen molar-refractivity contribution in [1.29, 1.82) is 5.41 Å². The fourth-order valence-electron chi connectivity index (χ4n) is 1.65. The van der Waals surface area contributed by atoms with Crippen molar-refractivity contribution >= 4 is 11.5 Å². The second kappa shape index (κ2) is 4.82. The maximum absolute atomic E-state index is 7.55. The molecule has 0 fully saturated rings. The van der Waals surface area contributed by atoms with Crippen molar-refractivity contribution in [1.82, 2.24) is 0 Å². The van der Waals surface area contributed by atoms with E-state index in [0.29, 0.717) is 0 Å². The lowest BCUT2D eigenvalue weighted by Gasteiger charge is -2.21. The summed E-state index contributed by atoms with van der Waals surface area (Å²) in [6.07, 6.45) is 1.09. The van der Waals surface area contributed by atoms with E-state index < -0.39 is 0 Å². The fraction of sp³-hybridized carbons (Fsp3) is 0.417. The van der Waals surface area contributed by atoms with Crippen LogP contribution in [0.5, 0.6) is 0 Å². The maximum Gasteiger partial charge on any atom is 0.124 e. The third-order valence-corrected chi connectivity index (χ3v) is 2.41. The molecule has 3 heteroatoms. The lowest BCUT2D eigenvalue weighted by Crippen LogP contribution is -2.23. The monoisotopic (exact) mass is 205 g/mol. The minimum Gasteiger partial charge on any atom is -0.384 e. The molecule has 1 rings (SSSR count). The van der Waals surface area contributed by atoms with E-state index in [1.807, 2.05) is 32.2 Å². The summed E-state index contributed by atoms with van der Waals surface area (Å²) < 4.78 is 0. The summed E-state index contributed by atoms with van der Waals surface area (Å²) in [5, 5.41) is 7.55. The second-order valence-electron chi connectivity index (χ2n) is 3.86. The number of nitrogens with two attached hydrogens (primary N) is 1. The third-order valence-electron chi connectivity index (χ3n) is 2.41. The van der Waals surface area contributed by atoms with E-state index >= 15 is 0 Å². The maximum atomic E-state index is 7.55. The smallest absolute Gasteiger partial charge is 0.124 e. The van der Waals surface area contributed by atoms with Gasteiger partial charge in [0.25, 0.3) is 0 Å². The van der Waals surface area contributed by atoms with Crippen LogP contribution in [0.25, 0.3) is 0 Å². The first-order chi connectivity index (χ1) is 7.06. The molecule has 0 bridgehead atoms. The Morgan fingerprint density at radius 3 is 2.67 bits per heavy atom. The Labute approximate surface area is 91.4 Å². The average molecular weight is 205 g/mol. The molecule has 0 saturated carbocycles. The van der Waals surface area contributed by atoms with Gasteiger partial charge in [-0.05, 0) is 25.5 Å². The van der Waals surface area contributed by atoms with Gasteiger partial charge in [-0.3, -0.25) is 5.41 Å². The topological polar surface area (TPSA) is 53.1 Å². The van der Waals surface area contributed by atoms with Gasteiger partial charge < -0.3 is 10.6 Å². The molecule has 82 valence electrons. The fourth-order valence-corrected chi connectivity index (χ4v) is 1.65. The molecular weight excluding hydrogens is 186 g/mol. The Balaban J connectivity index is 3.10. The van der Waals surface area contributed by atoms with Gasteiger partial charge in [0.2, 0.25) is 0 Å². The van der Waals surface area contributed by atoms with Crippen LogP contribution < -0.4 is 10.6 Å². The van der Waals surface area contributed by atoms with E-state index in [4.69, 9.17) is 11.1 Å². The van der Waals surface area contributed by atoms with E-state index in [1.54, 1.807) is 0 Å². The molecule has 3 nitrogen and oxygen atoms in total. The number of rotatable bonds is 4. The van der Waals surface area contributed by atoms with Gasteiger partial charge in [-0.25, -0.2) is 0 Å². The predicted octanol–water partition coefficient (Wildman–Crippen LogP) is 2.13. The van der Waals surface area contributed by atoms with Crippen molar-refractivity contribution in [2.45, 2.75) is 20.3 Å². The van der Waals surface area contributed by atoms with Crippen molar-refractivity contribution < 1.29 is 0 Å². The van der Waals surface area contributed by atoms with Gasteiger partial charge in [0.05, 0.1) is 0 Å². The SMILES string of the molecule is CCCN(C)c1ccc(C)cc1C(=N)N. The number of anilines is 1. The van der Waals surface area contributed by atoms with Crippen molar-refractivity contribution in [2.75, 3.05) is 18.5 Å². The molecule has 0 aliphatic carbocycles. The zero-order chi connectivity index (χ0) is 11.4. The van der Waals surface area contributed by atoms with Crippen LogP contribution in [0.1, 0.15) is 24.5 Å². The van der Waals surface area contributed by atoms with E-state index in [9.17, 15) is 0 Å². The summed E-state index contributed by atoms with van der Waals surface area (Å²) >= 11 is 0. The number of benzene rings is 1. The number of nitrogen functional groups attached to an aromatic ring is 1. The first-order valence-electron chi connectivity index (χ1n) is 5.22. The van der Waals surface area contributed by atoms with Crippen LogP contribution in [0.3, 0.4) is 0 Å². The lowest BCUT2D eigenvalue weighted by molar-refractivity contribution is 0.851. The van der Waals surface area contributed by atoms with Crippen molar-refractivity contribution in [3.63, 3.8) is 0 Å². The third kappa shape index (κ3) is 2.72. The van der Waals surface area contributed by atoms with Gasteiger partial charge in [0.1, 0.15) is 5.84 Å². The number of aryl methyl sites for hydroxylation is 1. The molecule has 0 unspecified atom stereocenters. The van der Waals surface area contributed by atoms with Crippen molar-refractivity contribution in [2.24, 2.45) is 5.73 Å². The minimum absolute atomic E-state index is 0.136. The molecule has 15 heavy (non-hydrogen) atoms. The highest BCUT2D eigenvalue weighted by molar-refractivity contribution is 6.00. The van der Waals surface area contributed by atoms with Crippen molar-refractivity contribution in [3.8, 4) is 0 Å². The summed E-state index contributed by atoms with van der Waals surface area (Å²) in [6.45, 7) is 5.12. The average Bonchev–Trinajstić information content (AvgIpc) is 2.17. The normalized spacial score (nSPS) is 10.1. The Morgan fingerprint density at radius 1 is 1.47 bits per heavy atom. The molecule has 1 aromatic rings. The summed E-state index contributed by atoms with van der Waals surface area (Å²) in [5.74, 6) is 0.136. The summed E-state index contributed by atoms with van der Waals surface area (Å²) in [6, 6.07) is 6.04. The Hall–Kier alpha value is -1.51. The number of hydrogen-bond donors (Lipinski definition) is 2. The highest BCUT2D eigenvalue weighted by Crippen LogP contribution is 2.20. The van der Waals surface area contributed by atoms with Gasteiger partial charge >= 0.3 is 0 Å². The number of nitrogens with one attached hydrogen (secondary N) is 1. The van der Waals surface area contributed by atoms with Crippen LogP contribution in [-0.2, 0) is 0 Å². The van der Waals surface area contributed by atoms with E-state index in [-0.39, 0.29) is 5.84 Å². The first kappa shape index (κ1) is 11.6. The van der Waals surface area contributed by atoms with Gasteiger partial charge in [0.15, 0.2) is 0 Å². The van der Waals surface area contributed by atoms with Crippen LogP contribution in [0.2, 0.25) is 0 Å². The molecule has 0 atom stereocenters. The van der Waals surface area contributed by atoms with E-state index in [1.165, 1.54) is 0 Å². The molecule has 0 aliphatic heterocycles. The van der Waals surface area contributed by atoms with Gasteiger partial charge in [0, 0.05) is 24.8 Å². The van der Waals surface area contributed by atoms with Crippen LogP contribution >= 0.6 is 0 Å². The molecule has 3 N–H and O–H groups in total. The van der Waals surface area contributed by atoms with Crippen molar-refractivity contribution in [3.05, 3.63) is 29.3 Å². The van der Waals surface area contributed by atoms with Crippen LogP contribution in [-0.4, -0.2) is 19.4 Å². The summed E-state index contributed by atoms with van der Waals surface area (Å²) in [7, 11) is 2.03. The van der Waals surface area contributed by atoms with Crippen LogP contribution in [0.4, 0.5) is 5.69 Å². The van der Waals surface area contributed by atoms with Gasteiger partial charge in [-0.15, -0.1) is 0 Å². The Kier molecular flexibility index (Phi) is 3.72. The number of nitrogens with zero attached hydrogens (tertiary/aromatic N) is 1. The zero-order valence-corrected chi connectivity index (χ0v) is 9.67. The number of amidine groups is 1.